The zero-order chi connectivity index (χ0) is 19.5. The van der Waals surface area contributed by atoms with E-state index in [-0.39, 0.29) is 5.97 Å². The van der Waals surface area contributed by atoms with E-state index in [2.05, 4.69) is 17.6 Å². The van der Waals surface area contributed by atoms with Gasteiger partial charge in [0.05, 0.1) is 19.2 Å². The van der Waals surface area contributed by atoms with Crippen molar-refractivity contribution in [3.8, 4) is 0 Å². The summed E-state index contributed by atoms with van der Waals surface area (Å²) < 4.78 is 10.0. The molecule has 0 aromatic heterocycles. The van der Waals surface area contributed by atoms with Crippen LogP contribution in [0.2, 0.25) is 0 Å². The molecule has 0 spiro atoms. The average Bonchev–Trinajstić information content (AvgIpc) is 3.17. The van der Waals surface area contributed by atoms with E-state index >= 15 is 0 Å². The van der Waals surface area contributed by atoms with Crippen LogP contribution >= 0.6 is 0 Å². The third-order valence-corrected chi connectivity index (χ3v) is 5.27. The molecule has 0 unspecified atom stereocenters. The topological polar surface area (TPSA) is 72.0 Å². The van der Waals surface area contributed by atoms with E-state index in [0.717, 1.165) is 37.6 Å². The van der Waals surface area contributed by atoms with Gasteiger partial charge in [0.2, 0.25) is 0 Å². The van der Waals surface area contributed by atoms with Crippen molar-refractivity contribution >= 4 is 11.9 Å². The lowest BCUT2D eigenvalue weighted by atomic mass is 9.83. The molecular weight excluding hydrogens is 342 g/mol. The van der Waals surface area contributed by atoms with Crippen molar-refractivity contribution in [1.29, 1.82) is 0 Å². The molecule has 27 heavy (non-hydrogen) atoms. The SMILES string of the molecule is CCNC(=NCc1ccc(C(=O)OC)cc1)NCC1(CCOC)CCCC1. The smallest absolute Gasteiger partial charge is 0.337 e. The number of hydrogen-bond donors (Lipinski definition) is 2. The van der Waals surface area contributed by atoms with Crippen LogP contribution in [0.3, 0.4) is 0 Å². The second kappa shape index (κ2) is 10.9. The summed E-state index contributed by atoms with van der Waals surface area (Å²) in [5.74, 6) is 0.510. The Morgan fingerprint density at radius 2 is 1.85 bits per heavy atom. The highest BCUT2D eigenvalue weighted by molar-refractivity contribution is 5.89. The molecule has 6 heteroatoms. The summed E-state index contributed by atoms with van der Waals surface area (Å²) in [6, 6.07) is 7.37. The van der Waals surface area contributed by atoms with Crippen LogP contribution in [0, 0.1) is 5.41 Å². The number of benzene rings is 1. The number of aliphatic imine (C=N–C) groups is 1. The third kappa shape index (κ3) is 6.54. The lowest BCUT2D eigenvalue weighted by molar-refractivity contribution is 0.0600. The number of rotatable bonds is 9. The quantitative estimate of drug-likeness (QED) is 0.394. The van der Waals surface area contributed by atoms with Crippen LogP contribution in [-0.4, -0.2) is 45.8 Å². The minimum Gasteiger partial charge on any atom is -0.465 e. The van der Waals surface area contributed by atoms with Crippen LogP contribution in [-0.2, 0) is 16.0 Å². The molecule has 1 aromatic rings. The van der Waals surface area contributed by atoms with E-state index in [1.54, 1.807) is 19.2 Å². The first-order valence-electron chi connectivity index (χ1n) is 9.81. The number of esters is 1. The molecule has 6 nitrogen and oxygen atoms in total. The minimum absolute atomic E-state index is 0.314. The fourth-order valence-electron chi connectivity index (χ4n) is 3.61. The molecule has 150 valence electrons. The summed E-state index contributed by atoms with van der Waals surface area (Å²) in [6.07, 6.45) is 6.18. The molecule has 1 fully saturated rings. The molecule has 0 atom stereocenters. The standard InChI is InChI=1S/C21H33N3O3/c1-4-22-20(24-16-21(13-14-26-2)11-5-6-12-21)23-15-17-7-9-18(10-8-17)19(25)27-3/h7-10H,4-6,11-16H2,1-3H3,(H2,22,23,24). The number of hydrogen-bond acceptors (Lipinski definition) is 4. The first-order valence-corrected chi connectivity index (χ1v) is 9.81. The van der Waals surface area contributed by atoms with Crippen molar-refractivity contribution in [3.05, 3.63) is 35.4 Å². The van der Waals surface area contributed by atoms with Gasteiger partial charge in [0, 0.05) is 26.8 Å². The molecule has 1 saturated carbocycles. The Morgan fingerprint density at radius 1 is 1.15 bits per heavy atom. The zero-order valence-electron chi connectivity index (χ0n) is 16.8. The van der Waals surface area contributed by atoms with E-state index in [9.17, 15) is 4.79 Å². The van der Waals surface area contributed by atoms with Crippen LogP contribution < -0.4 is 10.6 Å². The molecule has 0 radical (unpaired) electrons. The number of carbonyl (C=O) groups excluding carboxylic acids is 1. The molecule has 2 N–H and O–H groups in total. The van der Waals surface area contributed by atoms with Crippen molar-refractivity contribution in [2.24, 2.45) is 10.4 Å². The number of methoxy groups -OCH3 is 2. The lowest BCUT2D eigenvalue weighted by Gasteiger charge is -2.30. The third-order valence-electron chi connectivity index (χ3n) is 5.27. The summed E-state index contributed by atoms with van der Waals surface area (Å²) in [4.78, 5) is 16.2. The summed E-state index contributed by atoms with van der Waals surface area (Å²) in [7, 11) is 3.16. The largest absolute Gasteiger partial charge is 0.465 e. The fraction of sp³-hybridized carbons (Fsp3) is 0.619. The van der Waals surface area contributed by atoms with Gasteiger partial charge in [-0.05, 0) is 49.3 Å². The van der Waals surface area contributed by atoms with Crippen molar-refractivity contribution < 1.29 is 14.3 Å². The molecule has 1 aromatic carbocycles. The second-order valence-corrected chi connectivity index (χ2v) is 7.19. The highest BCUT2D eigenvalue weighted by atomic mass is 16.5. The van der Waals surface area contributed by atoms with Crippen LogP contribution in [0.1, 0.15) is 54.9 Å². The Bertz CT molecular complexity index is 608. The summed E-state index contributed by atoms with van der Waals surface area (Å²) in [6.45, 7) is 5.17. The molecule has 0 heterocycles. The molecule has 2 rings (SSSR count). The van der Waals surface area contributed by atoms with Gasteiger partial charge in [-0.3, -0.25) is 0 Å². The summed E-state index contributed by atoms with van der Waals surface area (Å²) in [5.41, 5.74) is 1.92. The van der Waals surface area contributed by atoms with Gasteiger partial charge in [0.1, 0.15) is 0 Å². The predicted octanol–water partition coefficient (Wildman–Crippen LogP) is 3.13. The maximum absolute atomic E-state index is 11.5. The van der Waals surface area contributed by atoms with E-state index in [4.69, 9.17) is 14.5 Å². The molecule has 1 aliphatic rings. The van der Waals surface area contributed by atoms with Gasteiger partial charge in [-0.2, -0.15) is 0 Å². The molecule has 0 aliphatic heterocycles. The normalized spacial score (nSPS) is 16.2. The number of ether oxygens (including phenoxy) is 2. The van der Waals surface area contributed by atoms with Gasteiger partial charge in [-0.25, -0.2) is 9.79 Å². The van der Waals surface area contributed by atoms with Crippen molar-refractivity contribution in [2.75, 3.05) is 33.9 Å². The molecule has 0 saturated heterocycles. The Kier molecular flexibility index (Phi) is 8.58. The first-order chi connectivity index (χ1) is 13.1. The van der Waals surface area contributed by atoms with Gasteiger partial charge >= 0.3 is 5.97 Å². The Labute approximate surface area is 162 Å². The van der Waals surface area contributed by atoms with Crippen LogP contribution in [0.25, 0.3) is 0 Å². The zero-order valence-corrected chi connectivity index (χ0v) is 16.8. The van der Waals surface area contributed by atoms with Crippen molar-refractivity contribution in [1.82, 2.24) is 10.6 Å². The average molecular weight is 376 g/mol. The fourth-order valence-corrected chi connectivity index (χ4v) is 3.61. The minimum atomic E-state index is -0.321. The molecule has 1 aliphatic carbocycles. The van der Waals surface area contributed by atoms with E-state index in [0.29, 0.717) is 17.5 Å². The lowest BCUT2D eigenvalue weighted by Crippen LogP contribution is -2.43. The molecular formula is C21H33N3O3. The van der Waals surface area contributed by atoms with Gasteiger partial charge in [0.25, 0.3) is 0 Å². The number of nitrogens with one attached hydrogen (secondary N) is 2. The van der Waals surface area contributed by atoms with Crippen LogP contribution in [0.4, 0.5) is 0 Å². The van der Waals surface area contributed by atoms with Crippen molar-refractivity contribution in [3.63, 3.8) is 0 Å². The van der Waals surface area contributed by atoms with Crippen LogP contribution in [0.15, 0.2) is 29.3 Å². The summed E-state index contributed by atoms with van der Waals surface area (Å²) >= 11 is 0. The van der Waals surface area contributed by atoms with E-state index < -0.39 is 0 Å². The van der Waals surface area contributed by atoms with Gasteiger partial charge < -0.3 is 20.1 Å². The molecule has 0 bridgehead atoms. The highest BCUT2D eigenvalue weighted by Crippen LogP contribution is 2.40. The highest BCUT2D eigenvalue weighted by Gasteiger charge is 2.33. The van der Waals surface area contributed by atoms with E-state index in [1.807, 2.05) is 12.1 Å². The van der Waals surface area contributed by atoms with Crippen molar-refractivity contribution in [2.45, 2.75) is 45.6 Å². The Hall–Kier alpha value is -2.08. The maximum atomic E-state index is 11.5. The second-order valence-electron chi connectivity index (χ2n) is 7.19. The number of carbonyl (C=O) groups is 1. The number of guanidine groups is 1. The van der Waals surface area contributed by atoms with Gasteiger partial charge in [-0.15, -0.1) is 0 Å². The Morgan fingerprint density at radius 3 is 2.44 bits per heavy atom. The first kappa shape index (κ1) is 21.2. The Balaban J connectivity index is 1.96. The number of nitrogens with zero attached hydrogens (tertiary/aromatic N) is 1. The van der Waals surface area contributed by atoms with Crippen LogP contribution in [0.5, 0.6) is 0 Å². The monoisotopic (exact) mass is 375 g/mol. The summed E-state index contributed by atoms with van der Waals surface area (Å²) in [5, 5.41) is 6.85. The predicted molar refractivity (Wildman–Crippen MR) is 108 cm³/mol. The van der Waals surface area contributed by atoms with Gasteiger partial charge in [-0.1, -0.05) is 25.0 Å². The molecule has 0 amide bonds. The van der Waals surface area contributed by atoms with E-state index in [1.165, 1.54) is 32.8 Å². The maximum Gasteiger partial charge on any atom is 0.337 e. The van der Waals surface area contributed by atoms with Gasteiger partial charge in [0.15, 0.2) is 5.96 Å².